The second-order valence-corrected chi connectivity index (χ2v) is 6.77. The second-order valence-electron chi connectivity index (χ2n) is 6.77. The van der Waals surface area contributed by atoms with E-state index in [0.29, 0.717) is 5.54 Å². The van der Waals surface area contributed by atoms with Gasteiger partial charge in [0.05, 0.1) is 0 Å². The lowest BCUT2D eigenvalue weighted by Crippen LogP contribution is -2.56. The molecule has 2 rings (SSSR count). The molecule has 2 aliphatic rings. The third-order valence-corrected chi connectivity index (χ3v) is 5.64. The topological polar surface area (TPSA) is 32.5 Å². The van der Waals surface area contributed by atoms with Crippen LogP contribution >= 0.6 is 0 Å². The van der Waals surface area contributed by atoms with E-state index in [1.54, 1.807) is 0 Å². The van der Waals surface area contributed by atoms with Crippen molar-refractivity contribution in [2.75, 3.05) is 39.8 Å². The van der Waals surface area contributed by atoms with Crippen LogP contribution in [0.5, 0.6) is 0 Å². The molecular weight excluding hydrogens is 234 g/mol. The molecule has 19 heavy (non-hydrogen) atoms. The molecule has 1 heterocycles. The third-order valence-electron chi connectivity index (χ3n) is 5.64. The molecular formula is C16H33N3. The van der Waals surface area contributed by atoms with Crippen LogP contribution in [0.3, 0.4) is 0 Å². The van der Waals surface area contributed by atoms with Crippen LogP contribution in [0.15, 0.2) is 0 Å². The van der Waals surface area contributed by atoms with Crippen molar-refractivity contribution in [1.29, 1.82) is 0 Å². The van der Waals surface area contributed by atoms with Crippen molar-refractivity contribution in [1.82, 2.24) is 9.80 Å². The summed E-state index contributed by atoms with van der Waals surface area (Å²) in [5, 5.41) is 0. The first-order valence-corrected chi connectivity index (χ1v) is 8.34. The van der Waals surface area contributed by atoms with Gasteiger partial charge in [-0.05, 0) is 51.7 Å². The molecule has 1 aliphatic carbocycles. The smallest absolute Gasteiger partial charge is 0.0331 e. The number of hydrogen-bond donors (Lipinski definition) is 1. The SMILES string of the molecule is CCC1CCCC(CN)(N(C)CCN2CCCC2)C1. The van der Waals surface area contributed by atoms with Crippen molar-refractivity contribution >= 4 is 0 Å². The Labute approximate surface area is 119 Å². The average Bonchev–Trinajstić information content (AvgIpc) is 2.97. The minimum absolute atomic E-state index is 0.290. The summed E-state index contributed by atoms with van der Waals surface area (Å²) in [4.78, 5) is 5.20. The first-order valence-electron chi connectivity index (χ1n) is 8.34. The van der Waals surface area contributed by atoms with Crippen molar-refractivity contribution in [3.8, 4) is 0 Å². The van der Waals surface area contributed by atoms with E-state index in [1.807, 2.05) is 0 Å². The highest BCUT2D eigenvalue weighted by atomic mass is 15.2. The second kappa shape index (κ2) is 7.05. The average molecular weight is 267 g/mol. The van der Waals surface area contributed by atoms with Crippen LogP contribution in [0.4, 0.5) is 0 Å². The monoisotopic (exact) mass is 267 g/mol. The summed E-state index contributed by atoms with van der Waals surface area (Å²) >= 11 is 0. The number of nitrogens with zero attached hydrogens (tertiary/aromatic N) is 2. The van der Waals surface area contributed by atoms with Crippen LogP contribution in [0.1, 0.15) is 51.9 Å². The number of likely N-dealkylation sites (N-methyl/N-ethyl adjacent to an activating group) is 1. The Bertz CT molecular complexity index is 263. The highest BCUT2D eigenvalue weighted by Crippen LogP contribution is 2.37. The number of rotatable bonds is 6. The minimum atomic E-state index is 0.290. The lowest BCUT2D eigenvalue weighted by Gasteiger charge is -2.47. The Morgan fingerprint density at radius 2 is 2.00 bits per heavy atom. The normalized spacial score (nSPS) is 33.2. The van der Waals surface area contributed by atoms with E-state index in [1.165, 1.54) is 71.1 Å². The quantitative estimate of drug-likeness (QED) is 0.801. The zero-order chi connectivity index (χ0) is 13.7. The Hall–Kier alpha value is -0.120. The fraction of sp³-hybridized carbons (Fsp3) is 1.00. The molecule has 1 saturated heterocycles. The maximum Gasteiger partial charge on any atom is 0.0331 e. The zero-order valence-corrected chi connectivity index (χ0v) is 13.0. The molecule has 0 aromatic heterocycles. The van der Waals surface area contributed by atoms with Gasteiger partial charge in [-0.3, -0.25) is 4.90 Å². The maximum absolute atomic E-state index is 6.18. The van der Waals surface area contributed by atoms with Crippen molar-refractivity contribution in [3.63, 3.8) is 0 Å². The van der Waals surface area contributed by atoms with Gasteiger partial charge in [-0.25, -0.2) is 0 Å². The molecule has 2 fully saturated rings. The van der Waals surface area contributed by atoms with E-state index in [9.17, 15) is 0 Å². The Balaban J connectivity index is 1.87. The fourth-order valence-electron chi connectivity index (χ4n) is 4.03. The van der Waals surface area contributed by atoms with Gasteiger partial charge in [-0.2, -0.15) is 0 Å². The van der Waals surface area contributed by atoms with Crippen LogP contribution in [-0.2, 0) is 0 Å². The summed E-state index contributed by atoms with van der Waals surface area (Å²) in [6.07, 6.45) is 9.50. The lowest BCUT2D eigenvalue weighted by molar-refractivity contribution is 0.0501. The van der Waals surface area contributed by atoms with Gasteiger partial charge in [-0.1, -0.05) is 26.2 Å². The Kier molecular flexibility index (Phi) is 5.67. The van der Waals surface area contributed by atoms with E-state index < -0.39 is 0 Å². The lowest BCUT2D eigenvalue weighted by atomic mass is 9.74. The van der Waals surface area contributed by atoms with Gasteiger partial charge < -0.3 is 10.6 Å². The Morgan fingerprint density at radius 3 is 2.63 bits per heavy atom. The van der Waals surface area contributed by atoms with Crippen LogP contribution in [0.2, 0.25) is 0 Å². The summed E-state index contributed by atoms with van der Waals surface area (Å²) in [6, 6.07) is 0. The predicted octanol–water partition coefficient (Wildman–Crippen LogP) is 2.31. The van der Waals surface area contributed by atoms with Gasteiger partial charge in [0, 0.05) is 25.2 Å². The zero-order valence-electron chi connectivity index (χ0n) is 13.0. The third kappa shape index (κ3) is 3.71. The molecule has 112 valence electrons. The van der Waals surface area contributed by atoms with Crippen LogP contribution in [-0.4, -0.2) is 55.1 Å². The first-order chi connectivity index (χ1) is 9.20. The van der Waals surface area contributed by atoms with Crippen molar-refractivity contribution < 1.29 is 0 Å². The number of hydrogen-bond acceptors (Lipinski definition) is 3. The van der Waals surface area contributed by atoms with Gasteiger partial charge in [0.15, 0.2) is 0 Å². The maximum atomic E-state index is 6.18. The molecule has 0 bridgehead atoms. The van der Waals surface area contributed by atoms with Crippen LogP contribution < -0.4 is 5.73 Å². The molecule has 3 heteroatoms. The molecule has 0 amide bonds. The highest BCUT2D eigenvalue weighted by Gasteiger charge is 2.37. The van der Waals surface area contributed by atoms with Crippen LogP contribution in [0, 0.1) is 5.92 Å². The highest BCUT2D eigenvalue weighted by molar-refractivity contribution is 4.95. The molecule has 2 unspecified atom stereocenters. The summed E-state index contributed by atoms with van der Waals surface area (Å²) in [6.45, 7) is 8.20. The van der Waals surface area contributed by atoms with Crippen molar-refractivity contribution in [3.05, 3.63) is 0 Å². The largest absolute Gasteiger partial charge is 0.329 e. The minimum Gasteiger partial charge on any atom is -0.329 e. The fourth-order valence-corrected chi connectivity index (χ4v) is 4.03. The molecule has 1 saturated carbocycles. The molecule has 0 spiro atoms. The van der Waals surface area contributed by atoms with Gasteiger partial charge >= 0.3 is 0 Å². The number of likely N-dealkylation sites (tertiary alicyclic amines) is 1. The van der Waals surface area contributed by atoms with E-state index in [4.69, 9.17) is 5.73 Å². The van der Waals surface area contributed by atoms with Crippen molar-refractivity contribution in [2.45, 2.75) is 57.4 Å². The van der Waals surface area contributed by atoms with Gasteiger partial charge in [0.25, 0.3) is 0 Å². The summed E-state index contributed by atoms with van der Waals surface area (Å²) in [7, 11) is 2.31. The van der Waals surface area contributed by atoms with E-state index >= 15 is 0 Å². The molecule has 2 N–H and O–H groups in total. The van der Waals surface area contributed by atoms with Crippen molar-refractivity contribution in [2.24, 2.45) is 11.7 Å². The van der Waals surface area contributed by atoms with Gasteiger partial charge in [0.2, 0.25) is 0 Å². The molecule has 2 atom stereocenters. The summed E-state index contributed by atoms with van der Waals surface area (Å²) < 4.78 is 0. The molecule has 0 radical (unpaired) electrons. The molecule has 1 aliphatic heterocycles. The Morgan fingerprint density at radius 1 is 1.26 bits per heavy atom. The van der Waals surface area contributed by atoms with Gasteiger partial charge in [0.1, 0.15) is 0 Å². The van der Waals surface area contributed by atoms with Crippen LogP contribution in [0.25, 0.3) is 0 Å². The van der Waals surface area contributed by atoms with E-state index in [-0.39, 0.29) is 0 Å². The molecule has 0 aromatic rings. The van der Waals surface area contributed by atoms with E-state index in [2.05, 4.69) is 23.8 Å². The summed E-state index contributed by atoms with van der Waals surface area (Å²) in [5.74, 6) is 0.895. The molecule has 3 nitrogen and oxygen atoms in total. The number of nitrogens with two attached hydrogens (primary N) is 1. The molecule has 0 aromatic carbocycles. The van der Waals surface area contributed by atoms with Gasteiger partial charge in [-0.15, -0.1) is 0 Å². The van der Waals surface area contributed by atoms with E-state index in [0.717, 1.165) is 12.5 Å². The first kappa shape index (κ1) is 15.3. The summed E-state index contributed by atoms with van der Waals surface area (Å²) in [5.41, 5.74) is 6.47. The predicted molar refractivity (Wildman–Crippen MR) is 82.3 cm³/mol. The standard InChI is InChI=1S/C16H33N3/c1-3-15-7-6-8-16(13-15,14-17)18(2)11-12-19-9-4-5-10-19/h15H,3-14,17H2,1-2H3.